The van der Waals surface area contributed by atoms with Crippen molar-refractivity contribution in [2.45, 2.75) is 0 Å². The Balaban J connectivity index is 0. The van der Waals surface area contributed by atoms with E-state index in [1.165, 1.54) is 0 Å². The van der Waals surface area contributed by atoms with Crippen molar-refractivity contribution in [3.63, 3.8) is 0 Å². The Bertz CT molecular complexity index is 202. The van der Waals surface area contributed by atoms with Gasteiger partial charge in [-0.2, -0.15) is 0 Å². The van der Waals surface area contributed by atoms with Gasteiger partial charge < -0.3 is 11.5 Å². The molecule has 4 heteroatoms. The number of amides is 2. The molecular weight excluding hydrogens is 144 g/mol. The first-order chi connectivity index (χ1) is 5.04. The second kappa shape index (κ2) is 8.20. The molecule has 0 atom stereocenters. The molecule has 0 aliphatic heterocycles. The quantitative estimate of drug-likeness (QED) is 0.414. The lowest BCUT2D eigenvalue weighted by Crippen LogP contribution is -2.04. The van der Waals surface area contributed by atoms with Crippen LogP contribution in [0.25, 0.3) is 0 Å². The summed E-state index contributed by atoms with van der Waals surface area (Å²) in [5, 5.41) is 0. The van der Waals surface area contributed by atoms with Gasteiger partial charge in [0.1, 0.15) is 0 Å². The van der Waals surface area contributed by atoms with Crippen molar-refractivity contribution in [3.8, 4) is 0 Å². The molecule has 11 heavy (non-hydrogen) atoms. The average molecular weight is 154 g/mol. The molecule has 0 rings (SSSR count). The molecule has 0 heterocycles. The van der Waals surface area contributed by atoms with Gasteiger partial charge in [-0.3, -0.25) is 9.59 Å². The van der Waals surface area contributed by atoms with Crippen LogP contribution in [0.2, 0.25) is 0 Å². The third-order valence-corrected chi connectivity index (χ3v) is 0.446. The first kappa shape index (κ1) is 11.9. The SMILES string of the molecule is C=C=CC(N)=O.C=CC(N)=O. The van der Waals surface area contributed by atoms with Gasteiger partial charge >= 0.3 is 0 Å². The van der Waals surface area contributed by atoms with E-state index < -0.39 is 11.8 Å². The van der Waals surface area contributed by atoms with Crippen LogP contribution in [0.5, 0.6) is 0 Å². The Morgan fingerprint density at radius 1 is 1.27 bits per heavy atom. The summed E-state index contributed by atoms with van der Waals surface area (Å²) in [6, 6.07) is 0. The largest absolute Gasteiger partial charge is 0.366 e. The highest BCUT2D eigenvalue weighted by molar-refractivity contribution is 5.85. The Kier molecular flexibility index (Phi) is 8.90. The third-order valence-electron chi connectivity index (χ3n) is 0.446. The highest BCUT2D eigenvalue weighted by Gasteiger charge is 1.72. The Morgan fingerprint density at radius 3 is 1.64 bits per heavy atom. The van der Waals surface area contributed by atoms with Crippen LogP contribution in [-0.2, 0) is 9.59 Å². The van der Waals surface area contributed by atoms with Crippen LogP contribution >= 0.6 is 0 Å². The van der Waals surface area contributed by atoms with E-state index in [2.05, 4.69) is 30.4 Å². The lowest BCUT2D eigenvalue weighted by molar-refractivity contribution is -0.114. The summed E-state index contributed by atoms with van der Waals surface area (Å²) in [4.78, 5) is 19.1. The van der Waals surface area contributed by atoms with E-state index in [1.807, 2.05) is 0 Å². The van der Waals surface area contributed by atoms with Gasteiger partial charge in [-0.25, -0.2) is 0 Å². The van der Waals surface area contributed by atoms with Crippen LogP contribution in [0.15, 0.2) is 31.0 Å². The molecule has 0 spiro atoms. The second-order valence-corrected chi connectivity index (χ2v) is 1.36. The summed E-state index contributed by atoms with van der Waals surface area (Å²) < 4.78 is 0. The van der Waals surface area contributed by atoms with E-state index in [1.54, 1.807) is 0 Å². The van der Waals surface area contributed by atoms with Crippen LogP contribution in [0.1, 0.15) is 0 Å². The van der Waals surface area contributed by atoms with Gasteiger partial charge in [0.2, 0.25) is 11.8 Å². The van der Waals surface area contributed by atoms with Crippen LogP contribution < -0.4 is 11.5 Å². The lowest BCUT2D eigenvalue weighted by atomic mass is 10.6. The maximum absolute atomic E-state index is 9.66. The Hall–Kier alpha value is -1.80. The standard InChI is InChI=1S/C4H5NO.C3H5NO/c1-2-3-4(5)6;1-2-3(4)5/h3H,1H2,(H2,5,6);2H,1H2,(H2,4,5). The third kappa shape index (κ3) is 30.8. The normalized spacial score (nSPS) is 6.18. The van der Waals surface area contributed by atoms with E-state index in [0.717, 1.165) is 12.2 Å². The van der Waals surface area contributed by atoms with E-state index >= 15 is 0 Å². The molecule has 0 aromatic rings. The summed E-state index contributed by atoms with van der Waals surface area (Å²) >= 11 is 0. The fourth-order valence-corrected chi connectivity index (χ4v) is 0.101. The molecule has 0 unspecified atom stereocenters. The van der Waals surface area contributed by atoms with Crippen molar-refractivity contribution in [2.75, 3.05) is 0 Å². The molecule has 4 N–H and O–H groups in total. The summed E-state index contributed by atoms with van der Waals surface area (Å²) in [5.41, 5.74) is 11.4. The van der Waals surface area contributed by atoms with Gasteiger partial charge in [0.15, 0.2) is 0 Å². The van der Waals surface area contributed by atoms with Crippen molar-refractivity contribution in [1.82, 2.24) is 0 Å². The number of carbonyl (C=O) groups excluding carboxylic acids is 2. The number of nitrogens with two attached hydrogens (primary N) is 2. The molecule has 0 bridgehead atoms. The zero-order valence-corrected chi connectivity index (χ0v) is 6.04. The van der Waals surface area contributed by atoms with Crippen molar-refractivity contribution in [1.29, 1.82) is 0 Å². The molecule has 0 fully saturated rings. The van der Waals surface area contributed by atoms with Crippen molar-refractivity contribution >= 4 is 11.8 Å². The first-order valence-electron chi connectivity index (χ1n) is 2.61. The fraction of sp³-hybridized carbons (Fsp3) is 0. The number of primary amides is 2. The number of carbonyl (C=O) groups is 2. The van der Waals surface area contributed by atoms with Crippen molar-refractivity contribution in [2.24, 2.45) is 11.5 Å². The molecule has 0 radical (unpaired) electrons. The molecule has 0 saturated carbocycles. The zero-order chi connectivity index (χ0) is 9.28. The summed E-state index contributed by atoms with van der Waals surface area (Å²) in [5.74, 6) is -0.991. The van der Waals surface area contributed by atoms with Crippen LogP contribution in [0.3, 0.4) is 0 Å². The highest BCUT2D eigenvalue weighted by Crippen LogP contribution is 1.54. The second-order valence-electron chi connectivity index (χ2n) is 1.36. The smallest absolute Gasteiger partial charge is 0.249 e. The van der Waals surface area contributed by atoms with E-state index in [-0.39, 0.29) is 0 Å². The van der Waals surface area contributed by atoms with E-state index in [9.17, 15) is 9.59 Å². The molecule has 0 aliphatic rings. The summed E-state index contributed by atoms with van der Waals surface area (Å²) in [6.45, 7) is 6.21. The first-order valence-corrected chi connectivity index (χ1v) is 2.61. The van der Waals surface area contributed by atoms with Gasteiger partial charge in [0.05, 0.1) is 0 Å². The lowest BCUT2D eigenvalue weighted by Gasteiger charge is -1.66. The minimum absolute atomic E-state index is 0.481. The van der Waals surface area contributed by atoms with E-state index in [4.69, 9.17) is 0 Å². The number of rotatable bonds is 2. The van der Waals surface area contributed by atoms with Crippen molar-refractivity contribution in [3.05, 3.63) is 31.0 Å². The molecule has 2 amide bonds. The minimum Gasteiger partial charge on any atom is -0.366 e. The van der Waals surface area contributed by atoms with Gasteiger partial charge in [-0.15, -0.1) is 5.73 Å². The topological polar surface area (TPSA) is 86.2 Å². The molecule has 0 saturated heterocycles. The molecule has 0 aromatic carbocycles. The zero-order valence-electron chi connectivity index (χ0n) is 6.04. The Labute approximate surface area is 64.9 Å². The number of hydrogen-bond acceptors (Lipinski definition) is 2. The monoisotopic (exact) mass is 154 g/mol. The van der Waals surface area contributed by atoms with Crippen LogP contribution in [-0.4, -0.2) is 11.8 Å². The van der Waals surface area contributed by atoms with Gasteiger partial charge in [-0.1, -0.05) is 13.2 Å². The number of hydrogen-bond donors (Lipinski definition) is 2. The molecule has 60 valence electrons. The maximum Gasteiger partial charge on any atom is 0.249 e. The van der Waals surface area contributed by atoms with Gasteiger partial charge in [0, 0.05) is 6.08 Å². The molecular formula is C7H10N2O2. The average Bonchev–Trinajstić information content (AvgIpc) is 1.89. The van der Waals surface area contributed by atoms with Gasteiger partial charge in [-0.05, 0) is 6.08 Å². The molecule has 4 nitrogen and oxygen atoms in total. The van der Waals surface area contributed by atoms with Crippen LogP contribution in [0, 0.1) is 0 Å². The predicted molar refractivity (Wildman–Crippen MR) is 42.3 cm³/mol. The molecule has 0 aliphatic carbocycles. The highest BCUT2D eigenvalue weighted by atomic mass is 16.1. The summed E-state index contributed by atoms with van der Waals surface area (Å²) in [7, 11) is 0. The molecule has 0 aromatic heterocycles. The Morgan fingerprint density at radius 2 is 1.64 bits per heavy atom. The predicted octanol–water partition coefficient (Wildman–Crippen LogP) is -0.529. The van der Waals surface area contributed by atoms with Gasteiger partial charge in [0.25, 0.3) is 0 Å². The maximum atomic E-state index is 9.66. The van der Waals surface area contributed by atoms with Crippen molar-refractivity contribution < 1.29 is 9.59 Å². The van der Waals surface area contributed by atoms with Crippen LogP contribution in [0.4, 0.5) is 0 Å². The van der Waals surface area contributed by atoms with E-state index in [0.29, 0.717) is 0 Å². The minimum atomic E-state index is -0.509. The fourth-order valence-electron chi connectivity index (χ4n) is 0.101. The summed E-state index contributed by atoms with van der Waals surface area (Å²) in [6.07, 6.45) is 2.12.